The number of hydrogen-bond donors (Lipinski definition) is 1. The number of urea groups is 1. The molecule has 148 valence electrons. The van der Waals surface area contributed by atoms with Crippen LogP contribution < -0.4 is 5.32 Å². The Morgan fingerprint density at radius 2 is 1.72 bits per heavy atom. The molecule has 0 bridgehead atoms. The normalized spacial score (nSPS) is 16.2. The molecule has 3 aromatic rings. The van der Waals surface area contributed by atoms with Gasteiger partial charge in [-0.05, 0) is 35.2 Å². The lowest BCUT2D eigenvalue weighted by Crippen LogP contribution is -2.43. The summed E-state index contributed by atoms with van der Waals surface area (Å²) in [7, 11) is 0. The summed E-state index contributed by atoms with van der Waals surface area (Å²) in [6, 6.07) is 11.8. The predicted molar refractivity (Wildman–Crippen MR) is 101 cm³/mol. The summed E-state index contributed by atoms with van der Waals surface area (Å²) in [6.45, 7) is 0.433. The molecule has 29 heavy (non-hydrogen) atoms. The van der Waals surface area contributed by atoms with Crippen molar-refractivity contribution in [2.45, 2.75) is 18.6 Å². The molecule has 1 unspecified atom stereocenters. The molecule has 5 nitrogen and oxygen atoms in total. The van der Waals surface area contributed by atoms with E-state index in [-0.39, 0.29) is 6.03 Å². The second-order valence-corrected chi connectivity index (χ2v) is 6.72. The van der Waals surface area contributed by atoms with Gasteiger partial charge in [0.1, 0.15) is 6.33 Å². The van der Waals surface area contributed by atoms with Gasteiger partial charge in [0.25, 0.3) is 0 Å². The maximum atomic E-state index is 13.0. The van der Waals surface area contributed by atoms with E-state index in [2.05, 4.69) is 15.3 Å². The second-order valence-electron chi connectivity index (χ2n) is 6.72. The number of nitrogens with zero attached hydrogens (tertiary/aromatic N) is 3. The molecule has 0 spiro atoms. The number of nitrogens with one attached hydrogen (secondary N) is 1. The molecule has 1 aliphatic heterocycles. The zero-order chi connectivity index (χ0) is 20.4. The highest BCUT2D eigenvalue weighted by atomic mass is 19.4. The first kappa shape index (κ1) is 18.9. The molecule has 2 amide bonds. The topological polar surface area (TPSA) is 58.1 Å². The van der Waals surface area contributed by atoms with E-state index in [9.17, 15) is 18.0 Å². The van der Waals surface area contributed by atoms with Crippen LogP contribution in [-0.4, -0.2) is 27.4 Å². The zero-order valence-electron chi connectivity index (χ0n) is 15.2. The molecule has 0 fully saturated rings. The average molecular weight is 398 g/mol. The Bertz CT molecular complexity index is 1010. The van der Waals surface area contributed by atoms with E-state index >= 15 is 0 Å². The Labute approximate surface area is 165 Å². The summed E-state index contributed by atoms with van der Waals surface area (Å²) in [6.07, 6.45) is 0.572. The van der Waals surface area contributed by atoms with Crippen molar-refractivity contribution in [3.63, 3.8) is 0 Å². The predicted octanol–water partition coefficient (Wildman–Crippen LogP) is 4.68. The van der Waals surface area contributed by atoms with Crippen LogP contribution in [0.4, 0.5) is 23.7 Å². The van der Waals surface area contributed by atoms with E-state index in [1.807, 2.05) is 24.3 Å². The van der Waals surface area contributed by atoms with Crippen molar-refractivity contribution in [3.05, 3.63) is 89.5 Å². The van der Waals surface area contributed by atoms with E-state index in [0.717, 1.165) is 23.3 Å². The van der Waals surface area contributed by atoms with Crippen LogP contribution in [0.1, 0.15) is 28.3 Å². The number of aromatic nitrogens is 2. The first-order valence-corrected chi connectivity index (χ1v) is 9.01. The highest BCUT2D eigenvalue weighted by Crippen LogP contribution is 2.37. The fourth-order valence-electron chi connectivity index (χ4n) is 3.56. The van der Waals surface area contributed by atoms with Crippen LogP contribution in [0.15, 0.2) is 67.3 Å². The van der Waals surface area contributed by atoms with Crippen LogP contribution in [0.2, 0.25) is 0 Å². The molecule has 0 saturated carbocycles. The number of anilines is 1. The van der Waals surface area contributed by atoms with Gasteiger partial charge in [-0.25, -0.2) is 14.8 Å². The smallest absolute Gasteiger partial charge is 0.313 e. The van der Waals surface area contributed by atoms with Gasteiger partial charge in [0.05, 0.1) is 29.7 Å². The molecular weight excluding hydrogens is 381 g/mol. The van der Waals surface area contributed by atoms with Crippen molar-refractivity contribution in [3.8, 4) is 0 Å². The van der Waals surface area contributed by atoms with Crippen molar-refractivity contribution < 1.29 is 18.0 Å². The lowest BCUT2D eigenvalue weighted by molar-refractivity contribution is -0.137. The van der Waals surface area contributed by atoms with Crippen molar-refractivity contribution in [2.75, 3.05) is 11.9 Å². The third-order valence-electron chi connectivity index (χ3n) is 4.91. The second kappa shape index (κ2) is 7.54. The van der Waals surface area contributed by atoms with Crippen molar-refractivity contribution in [1.29, 1.82) is 0 Å². The summed E-state index contributed by atoms with van der Waals surface area (Å²) < 4.78 is 38.9. The maximum Gasteiger partial charge on any atom is 0.416 e. The Balaban J connectivity index is 1.70. The molecule has 4 rings (SSSR count). The van der Waals surface area contributed by atoms with Gasteiger partial charge in [-0.15, -0.1) is 0 Å². The minimum atomic E-state index is -4.41. The van der Waals surface area contributed by atoms with Crippen LogP contribution in [0.25, 0.3) is 0 Å². The van der Waals surface area contributed by atoms with Gasteiger partial charge < -0.3 is 10.2 Å². The van der Waals surface area contributed by atoms with Crippen LogP contribution >= 0.6 is 0 Å². The standard InChI is InChI=1S/C21H17F3N4O/c22-21(23,24)16-7-5-15(6-8-16)19-18-4-2-1-3-14(18)9-10-28(19)20(29)27-17-11-25-13-26-12-17/h1-8,11-13,19H,9-10H2,(H,27,29). The number of hydrogen-bond acceptors (Lipinski definition) is 3. The van der Waals surface area contributed by atoms with E-state index in [1.54, 1.807) is 4.90 Å². The number of carbonyl (C=O) groups excluding carboxylic acids is 1. The molecule has 1 aliphatic rings. The monoisotopic (exact) mass is 398 g/mol. The molecular formula is C21H17F3N4O. The highest BCUT2D eigenvalue weighted by molar-refractivity contribution is 5.89. The van der Waals surface area contributed by atoms with Gasteiger partial charge in [0.15, 0.2) is 0 Å². The fraction of sp³-hybridized carbons (Fsp3) is 0.190. The Hall–Kier alpha value is -3.42. The molecule has 2 heterocycles. The van der Waals surface area contributed by atoms with E-state index in [4.69, 9.17) is 0 Å². The number of halogens is 3. The van der Waals surface area contributed by atoms with Gasteiger partial charge in [0, 0.05) is 6.54 Å². The fourth-order valence-corrected chi connectivity index (χ4v) is 3.56. The summed E-state index contributed by atoms with van der Waals surface area (Å²) >= 11 is 0. The molecule has 8 heteroatoms. The average Bonchev–Trinajstić information content (AvgIpc) is 2.73. The van der Waals surface area contributed by atoms with Gasteiger partial charge in [-0.2, -0.15) is 13.2 Å². The Kier molecular flexibility index (Phi) is 4.92. The zero-order valence-corrected chi connectivity index (χ0v) is 15.2. The number of alkyl halides is 3. The summed E-state index contributed by atoms with van der Waals surface area (Å²) in [5.41, 5.74) is 2.32. The third-order valence-corrected chi connectivity index (χ3v) is 4.91. The number of benzene rings is 2. The lowest BCUT2D eigenvalue weighted by Gasteiger charge is -2.37. The number of amides is 2. The number of rotatable bonds is 2. The number of carbonyl (C=O) groups is 1. The van der Waals surface area contributed by atoms with Crippen molar-refractivity contribution in [2.24, 2.45) is 0 Å². The first-order valence-electron chi connectivity index (χ1n) is 9.01. The third kappa shape index (κ3) is 3.91. The van der Waals surface area contributed by atoms with Gasteiger partial charge in [-0.3, -0.25) is 0 Å². The van der Waals surface area contributed by atoms with Gasteiger partial charge >= 0.3 is 12.2 Å². The first-order chi connectivity index (χ1) is 13.9. The number of fused-ring (bicyclic) bond motifs is 1. The minimum Gasteiger partial charge on any atom is -0.313 e. The van der Waals surface area contributed by atoms with Crippen LogP contribution in [0, 0.1) is 0 Å². The molecule has 0 saturated heterocycles. The molecule has 1 aromatic heterocycles. The van der Waals surface area contributed by atoms with Crippen LogP contribution in [0.5, 0.6) is 0 Å². The van der Waals surface area contributed by atoms with E-state index in [0.29, 0.717) is 24.2 Å². The van der Waals surface area contributed by atoms with Crippen LogP contribution in [0.3, 0.4) is 0 Å². The van der Waals surface area contributed by atoms with Crippen molar-refractivity contribution >= 4 is 11.7 Å². The highest BCUT2D eigenvalue weighted by Gasteiger charge is 2.34. The Morgan fingerprint density at radius 3 is 2.41 bits per heavy atom. The molecule has 0 aliphatic carbocycles. The quantitative estimate of drug-likeness (QED) is 0.682. The van der Waals surface area contributed by atoms with Gasteiger partial charge in [0.2, 0.25) is 0 Å². The maximum absolute atomic E-state index is 13.0. The SMILES string of the molecule is O=C(Nc1cncnc1)N1CCc2ccccc2C1c1ccc(C(F)(F)F)cc1. The summed E-state index contributed by atoms with van der Waals surface area (Å²) in [5, 5.41) is 2.76. The van der Waals surface area contributed by atoms with Crippen LogP contribution in [-0.2, 0) is 12.6 Å². The minimum absolute atomic E-state index is 0.362. The van der Waals surface area contributed by atoms with E-state index < -0.39 is 17.8 Å². The van der Waals surface area contributed by atoms with Crippen molar-refractivity contribution in [1.82, 2.24) is 14.9 Å². The van der Waals surface area contributed by atoms with Gasteiger partial charge in [-0.1, -0.05) is 36.4 Å². The molecule has 1 atom stereocenters. The molecule has 2 aromatic carbocycles. The largest absolute Gasteiger partial charge is 0.416 e. The lowest BCUT2D eigenvalue weighted by atomic mass is 9.88. The summed E-state index contributed by atoms with van der Waals surface area (Å²) in [5.74, 6) is 0. The molecule has 1 N–H and O–H groups in total. The molecule has 0 radical (unpaired) electrons. The van der Waals surface area contributed by atoms with E-state index in [1.165, 1.54) is 30.9 Å². The summed E-state index contributed by atoms with van der Waals surface area (Å²) in [4.78, 5) is 22.3. The Morgan fingerprint density at radius 1 is 1.03 bits per heavy atom.